The highest BCUT2D eigenvalue weighted by molar-refractivity contribution is 6.12. The van der Waals surface area contributed by atoms with Crippen molar-refractivity contribution in [1.29, 1.82) is 0 Å². The highest BCUT2D eigenvalue weighted by Crippen LogP contribution is 2.27. The van der Waals surface area contributed by atoms with E-state index in [0.717, 1.165) is 23.8 Å². The molecule has 0 bridgehead atoms. The minimum atomic E-state index is -0.884. The standard InChI is InChI=1S/C31H36O7/c1-19(2)11-12-22-13-14-23-17-24(37-27(23)16-22)15-21(4)30(34)29-25(32)18-26(38-31(29)35)20(3)9-7-6-8-10-28(33)36-5/h6,8,13-20,32H,7,9-12H2,1-5H3/b8-6+,21-15?. The minimum absolute atomic E-state index is 0.182. The van der Waals surface area contributed by atoms with Crippen molar-refractivity contribution in [3.63, 3.8) is 0 Å². The maximum absolute atomic E-state index is 13.0. The zero-order chi connectivity index (χ0) is 27.8. The number of carbonyl (C=O) groups is 2. The van der Waals surface area contributed by atoms with Gasteiger partial charge in [-0.25, -0.2) is 4.79 Å². The predicted molar refractivity (Wildman–Crippen MR) is 147 cm³/mol. The van der Waals surface area contributed by atoms with E-state index < -0.39 is 22.7 Å². The molecule has 0 radical (unpaired) electrons. The third-order valence-electron chi connectivity index (χ3n) is 6.44. The van der Waals surface area contributed by atoms with Crippen LogP contribution < -0.4 is 5.63 Å². The van der Waals surface area contributed by atoms with Crippen LogP contribution in [0, 0.1) is 5.92 Å². The number of allylic oxidation sites excluding steroid dienone is 2. The van der Waals surface area contributed by atoms with Gasteiger partial charge in [0.15, 0.2) is 5.78 Å². The number of hydrogen-bond acceptors (Lipinski definition) is 7. The van der Waals surface area contributed by atoms with Gasteiger partial charge in [-0.05, 0) is 62.3 Å². The summed E-state index contributed by atoms with van der Waals surface area (Å²) in [6.45, 7) is 7.81. The van der Waals surface area contributed by atoms with Gasteiger partial charge < -0.3 is 18.7 Å². The summed E-state index contributed by atoms with van der Waals surface area (Å²) in [6, 6.07) is 9.26. The molecule has 202 valence electrons. The molecular weight excluding hydrogens is 484 g/mol. The zero-order valence-electron chi connectivity index (χ0n) is 22.7. The Morgan fingerprint density at radius 1 is 1.05 bits per heavy atom. The number of hydrogen-bond donors (Lipinski definition) is 1. The van der Waals surface area contributed by atoms with Gasteiger partial charge in [-0.3, -0.25) is 9.59 Å². The highest BCUT2D eigenvalue weighted by atomic mass is 16.5. The van der Waals surface area contributed by atoms with Gasteiger partial charge in [-0.2, -0.15) is 0 Å². The molecule has 0 aliphatic heterocycles. The Morgan fingerprint density at radius 2 is 1.82 bits per heavy atom. The van der Waals surface area contributed by atoms with E-state index in [1.54, 1.807) is 19.1 Å². The number of esters is 1. The quantitative estimate of drug-likeness (QED) is 0.119. The number of fused-ring (bicyclic) bond motifs is 1. The predicted octanol–water partition coefficient (Wildman–Crippen LogP) is 6.97. The number of carbonyl (C=O) groups excluding carboxylic acids is 2. The van der Waals surface area contributed by atoms with E-state index in [9.17, 15) is 19.5 Å². The van der Waals surface area contributed by atoms with Crippen molar-refractivity contribution >= 4 is 28.8 Å². The van der Waals surface area contributed by atoms with Gasteiger partial charge in [0, 0.05) is 22.9 Å². The monoisotopic (exact) mass is 520 g/mol. The maximum Gasteiger partial charge on any atom is 0.351 e. The number of furan rings is 1. The molecule has 0 amide bonds. The molecule has 1 atom stereocenters. The van der Waals surface area contributed by atoms with Crippen molar-refractivity contribution in [2.75, 3.05) is 7.11 Å². The van der Waals surface area contributed by atoms with E-state index in [1.165, 1.54) is 18.7 Å². The number of Topliss-reactive ketones (excluding diaryl/α,β-unsaturated/α-hetero) is 1. The van der Waals surface area contributed by atoms with Crippen molar-refractivity contribution in [3.8, 4) is 5.75 Å². The van der Waals surface area contributed by atoms with Gasteiger partial charge in [0.05, 0.1) is 13.5 Å². The topological polar surface area (TPSA) is 107 Å². The Balaban J connectivity index is 1.72. The van der Waals surface area contributed by atoms with Crippen molar-refractivity contribution < 1.29 is 28.3 Å². The molecule has 2 heterocycles. The summed E-state index contributed by atoms with van der Waals surface area (Å²) in [7, 11) is 1.33. The van der Waals surface area contributed by atoms with Crippen LogP contribution in [0.1, 0.15) is 86.7 Å². The summed E-state index contributed by atoms with van der Waals surface area (Å²) in [4.78, 5) is 36.9. The molecule has 0 aliphatic rings. The first-order valence-electron chi connectivity index (χ1n) is 12.9. The fourth-order valence-electron chi connectivity index (χ4n) is 4.07. The summed E-state index contributed by atoms with van der Waals surface area (Å²) in [5.74, 6) is -0.152. The summed E-state index contributed by atoms with van der Waals surface area (Å²) < 4.78 is 15.9. The van der Waals surface area contributed by atoms with Crippen LogP contribution in [0.3, 0.4) is 0 Å². The second kappa shape index (κ2) is 13.1. The Morgan fingerprint density at radius 3 is 2.50 bits per heavy atom. The lowest BCUT2D eigenvalue weighted by atomic mass is 9.99. The SMILES string of the molecule is COC(=O)C/C=C/CCC(C)c1cc(O)c(C(=O)C(C)=Cc2cc3ccc(CCC(C)C)cc3o2)c(=O)o1. The second-order valence-electron chi connectivity index (χ2n) is 10.0. The molecule has 0 fully saturated rings. The van der Waals surface area contributed by atoms with Crippen LogP contribution in [0.2, 0.25) is 0 Å². The summed E-state index contributed by atoms with van der Waals surface area (Å²) in [6.07, 6.45) is 8.64. The average molecular weight is 521 g/mol. The number of ether oxygens (including phenoxy) is 1. The zero-order valence-corrected chi connectivity index (χ0v) is 22.7. The number of benzene rings is 1. The number of aromatic hydroxyl groups is 1. The molecule has 1 N–H and O–H groups in total. The number of aryl methyl sites for hydroxylation is 1. The van der Waals surface area contributed by atoms with E-state index in [0.29, 0.717) is 24.5 Å². The lowest BCUT2D eigenvalue weighted by Gasteiger charge is -2.11. The van der Waals surface area contributed by atoms with Crippen LogP contribution >= 0.6 is 0 Å². The minimum Gasteiger partial charge on any atom is -0.507 e. The number of rotatable bonds is 12. The van der Waals surface area contributed by atoms with Crippen LogP contribution in [0.5, 0.6) is 5.75 Å². The van der Waals surface area contributed by atoms with E-state index in [-0.39, 0.29) is 29.6 Å². The molecule has 0 spiro atoms. The molecule has 7 heteroatoms. The third kappa shape index (κ3) is 7.57. The van der Waals surface area contributed by atoms with Crippen LogP contribution in [0.15, 0.2) is 61.7 Å². The van der Waals surface area contributed by atoms with Crippen LogP contribution in [-0.4, -0.2) is 24.0 Å². The number of methoxy groups -OCH3 is 1. The summed E-state index contributed by atoms with van der Waals surface area (Å²) >= 11 is 0. The largest absolute Gasteiger partial charge is 0.507 e. The molecule has 0 saturated carbocycles. The van der Waals surface area contributed by atoms with Gasteiger partial charge in [0.1, 0.15) is 28.4 Å². The molecule has 0 aliphatic carbocycles. The summed E-state index contributed by atoms with van der Waals surface area (Å²) in [5, 5.41) is 11.5. The molecule has 1 unspecified atom stereocenters. The fraction of sp³-hybridized carbons (Fsp3) is 0.387. The third-order valence-corrected chi connectivity index (χ3v) is 6.44. The van der Waals surface area contributed by atoms with E-state index >= 15 is 0 Å². The Bertz CT molecular complexity index is 1400. The Labute approximate surface area is 222 Å². The van der Waals surface area contributed by atoms with E-state index in [1.807, 2.05) is 31.2 Å². The second-order valence-corrected chi connectivity index (χ2v) is 10.0. The molecule has 1 aromatic carbocycles. The van der Waals surface area contributed by atoms with Crippen molar-refractivity contribution in [1.82, 2.24) is 0 Å². The van der Waals surface area contributed by atoms with E-state index in [4.69, 9.17) is 8.83 Å². The van der Waals surface area contributed by atoms with Crippen LogP contribution in [-0.2, 0) is 16.0 Å². The van der Waals surface area contributed by atoms with Gasteiger partial charge in [-0.1, -0.05) is 45.1 Å². The molecular formula is C31H36O7. The van der Waals surface area contributed by atoms with Gasteiger partial charge in [0.2, 0.25) is 0 Å². The summed E-state index contributed by atoms with van der Waals surface area (Å²) in [5.41, 5.74) is 0.879. The lowest BCUT2D eigenvalue weighted by Crippen LogP contribution is -2.16. The molecule has 3 rings (SSSR count). The van der Waals surface area contributed by atoms with Crippen molar-refractivity contribution in [3.05, 3.63) is 81.1 Å². The maximum atomic E-state index is 13.0. The van der Waals surface area contributed by atoms with Crippen LogP contribution in [0.4, 0.5) is 0 Å². The average Bonchev–Trinajstić information content (AvgIpc) is 3.27. The molecule has 7 nitrogen and oxygen atoms in total. The first-order chi connectivity index (χ1) is 18.1. The smallest absolute Gasteiger partial charge is 0.351 e. The first-order valence-corrected chi connectivity index (χ1v) is 12.9. The van der Waals surface area contributed by atoms with Crippen molar-refractivity contribution in [2.24, 2.45) is 5.92 Å². The molecule has 3 aromatic rings. The highest BCUT2D eigenvalue weighted by Gasteiger charge is 2.22. The number of ketones is 1. The molecule has 0 saturated heterocycles. The van der Waals surface area contributed by atoms with Gasteiger partial charge in [-0.15, -0.1) is 0 Å². The Kier molecular flexibility index (Phi) is 9.88. The Hall–Kier alpha value is -3.87. The molecule has 38 heavy (non-hydrogen) atoms. The van der Waals surface area contributed by atoms with Gasteiger partial charge >= 0.3 is 11.6 Å². The van der Waals surface area contributed by atoms with E-state index in [2.05, 4.69) is 24.7 Å². The first kappa shape index (κ1) is 28.7. The lowest BCUT2D eigenvalue weighted by molar-refractivity contribution is -0.139. The molecule has 2 aromatic heterocycles. The fourth-order valence-corrected chi connectivity index (χ4v) is 4.07. The van der Waals surface area contributed by atoms with Crippen LogP contribution in [0.25, 0.3) is 17.0 Å². The van der Waals surface area contributed by atoms with Crippen molar-refractivity contribution in [2.45, 2.75) is 65.7 Å². The van der Waals surface area contributed by atoms with Gasteiger partial charge in [0.25, 0.3) is 0 Å². The normalized spacial score (nSPS) is 12.9.